The number of thiazole rings is 1. The summed E-state index contributed by atoms with van der Waals surface area (Å²) in [5, 5.41) is 6.57. The van der Waals surface area contributed by atoms with Crippen LogP contribution in [0, 0.1) is 5.92 Å². The summed E-state index contributed by atoms with van der Waals surface area (Å²) in [7, 11) is 1.71. The lowest BCUT2D eigenvalue weighted by Crippen LogP contribution is -2.18. The fraction of sp³-hybridized carbons (Fsp3) is 0.471. The molecular weight excluding hydrogens is 280 g/mol. The Bertz CT molecular complexity index is 534. The number of hydrogen-bond donors (Lipinski definition) is 1. The number of aromatic nitrogens is 1. The molecular formula is C17H24N2OS. The van der Waals surface area contributed by atoms with E-state index in [-0.39, 0.29) is 0 Å². The van der Waals surface area contributed by atoms with Gasteiger partial charge in [-0.1, -0.05) is 38.1 Å². The summed E-state index contributed by atoms with van der Waals surface area (Å²) in [6, 6.07) is 8.78. The van der Waals surface area contributed by atoms with Crippen LogP contribution in [0.4, 0.5) is 0 Å². The predicted octanol–water partition coefficient (Wildman–Crippen LogP) is 3.74. The average molecular weight is 304 g/mol. The van der Waals surface area contributed by atoms with Crippen LogP contribution in [0.1, 0.15) is 24.4 Å². The lowest BCUT2D eigenvalue weighted by atomic mass is 10.0. The molecule has 2 aromatic rings. The first-order valence-electron chi connectivity index (χ1n) is 7.42. The van der Waals surface area contributed by atoms with Crippen LogP contribution >= 0.6 is 11.3 Å². The van der Waals surface area contributed by atoms with Crippen molar-refractivity contribution in [1.82, 2.24) is 10.3 Å². The number of hydrogen-bond acceptors (Lipinski definition) is 4. The molecule has 0 aliphatic carbocycles. The second-order valence-electron chi connectivity index (χ2n) is 5.59. The Morgan fingerprint density at radius 2 is 2.00 bits per heavy atom. The van der Waals surface area contributed by atoms with Crippen molar-refractivity contribution in [3.8, 4) is 11.3 Å². The first-order valence-corrected chi connectivity index (χ1v) is 8.30. The average Bonchev–Trinajstić information content (AvgIpc) is 2.93. The van der Waals surface area contributed by atoms with Crippen molar-refractivity contribution in [3.63, 3.8) is 0 Å². The molecule has 0 radical (unpaired) electrons. The van der Waals surface area contributed by atoms with Gasteiger partial charge in [0, 0.05) is 31.1 Å². The van der Waals surface area contributed by atoms with Gasteiger partial charge < -0.3 is 10.1 Å². The molecule has 0 spiro atoms. The minimum Gasteiger partial charge on any atom is -0.383 e. The summed E-state index contributed by atoms with van der Waals surface area (Å²) in [5.41, 5.74) is 3.66. The molecule has 4 heteroatoms. The SMILES string of the molecule is COCCNCc1nc(-c2ccc(CC(C)C)cc2)cs1. The summed E-state index contributed by atoms with van der Waals surface area (Å²) >= 11 is 1.70. The van der Waals surface area contributed by atoms with Crippen LogP contribution in [0.15, 0.2) is 29.6 Å². The van der Waals surface area contributed by atoms with Crippen molar-refractivity contribution in [1.29, 1.82) is 0 Å². The van der Waals surface area contributed by atoms with Gasteiger partial charge >= 0.3 is 0 Å². The molecule has 1 heterocycles. The standard InChI is InChI=1S/C17H24N2OS/c1-13(2)10-14-4-6-15(7-5-14)16-12-21-17(19-16)11-18-8-9-20-3/h4-7,12-13,18H,8-11H2,1-3H3. The molecule has 21 heavy (non-hydrogen) atoms. The second kappa shape index (κ2) is 8.27. The topological polar surface area (TPSA) is 34.1 Å². The van der Waals surface area contributed by atoms with Gasteiger partial charge in [0.25, 0.3) is 0 Å². The molecule has 114 valence electrons. The monoisotopic (exact) mass is 304 g/mol. The van der Waals surface area contributed by atoms with Crippen molar-refractivity contribution in [2.45, 2.75) is 26.8 Å². The summed E-state index contributed by atoms with van der Waals surface area (Å²) in [5.74, 6) is 0.694. The van der Waals surface area contributed by atoms with E-state index in [9.17, 15) is 0 Å². The van der Waals surface area contributed by atoms with Gasteiger partial charge in [-0.15, -0.1) is 11.3 Å². The second-order valence-corrected chi connectivity index (χ2v) is 6.53. The van der Waals surface area contributed by atoms with Gasteiger partial charge in [-0.3, -0.25) is 0 Å². The molecule has 2 rings (SSSR count). The number of benzene rings is 1. The lowest BCUT2D eigenvalue weighted by molar-refractivity contribution is 0.199. The smallest absolute Gasteiger partial charge is 0.107 e. The van der Waals surface area contributed by atoms with Crippen LogP contribution < -0.4 is 5.32 Å². The minimum absolute atomic E-state index is 0.694. The van der Waals surface area contributed by atoms with Crippen molar-refractivity contribution >= 4 is 11.3 Å². The van der Waals surface area contributed by atoms with Gasteiger partial charge in [0.15, 0.2) is 0 Å². The van der Waals surface area contributed by atoms with Crippen LogP contribution in [0.5, 0.6) is 0 Å². The summed E-state index contributed by atoms with van der Waals surface area (Å²) in [6.07, 6.45) is 1.13. The van der Waals surface area contributed by atoms with Crippen LogP contribution in [0.3, 0.4) is 0 Å². The summed E-state index contributed by atoms with van der Waals surface area (Å²) in [4.78, 5) is 4.68. The van der Waals surface area contributed by atoms with Crippen molar-refractivity contribution in [2.24, 2.45) is 5.92 Å². The van der Waals surface area contributed by atoms with Crippen LogP contribution in [-0.4, -0.2) is 25.2 Å². The largest absolute Gasteiger partial charge is 0.383 e. The maximum atomic E-state index is 5.01. The maximum absolute atomic E-state index is 5.01. The molecule has 0 atom stereocenters. The molecule has 0 saturated carbocycles. The van der Waals surface area contributed by atoms with Gasteiger partial charge in [-0.2, -0.15) is 0 Å². The Labute approximate surface area is 131 Å². The minimum atomic E-state index is 0.694. The molecule has 0 fully saturated rings. The van der Waals surface area contributed by atoms with E-state index >= 15 is 0 Å². The molecule has 0 aliphatic heterocycles. The molecule has 1 aromatic carbocycles. The van der Waals surface area contributed by atoms with Gasteiger partial charge in [0.2, 0.25) is 0 Å². The summed E-state index contributed by atoms with van der Waals surface area (Å²) in [6.45, 7) is 6.89. The van der Waals surface area contributed by atoms with Crippen LogP contribution in [0.25, 0.3) is 11.3 Å². The quantitative estimate of drug-likeness (QED) is 0.754. The number of nitrogens with zero attached hydrogens (tertiary/aromatic N) is 1. The van der Waals surface area contributed by atoms with E-state index in [4.69, 9.17) is 4.74 Å². The Hall–Kier alpha value is -1.23. The molecule has 0 bridgehead atoms. The molecule has 0 unspecified atom stereocenters. The highest BCUT2D eigenvalue weighted by Gasteiger charge is 2.05. The zero-order chi connectivity index (χ0) is 15.1. The normalized spacial score (nSPS) is 11.2. The van der Waals surface area contributed by atoms with Crippen molar-refractivity contribution in [3.05, 3.63) is 40.2 Å². The highest BCUT2D eigenvalue weighted by atomic mass is 32.1. The van der Waals surface area contributed by atoms with E-state index in [1.807, 2.05) is 0 Å². The molecule has 0 aliphatic rings. The first kappa shape index (κ1) is 16.1. The third-order valence-corrected chi connectivity index (χ3v) is 4.05. The first-order chi connectivity index (χ1) is 10.2. The van der Waals surface area contributed by atoms with E-state index in [0.717, 1.165) is 36.8 Å². The number of rotatable bonds is 8. The zero-order valence-electron chi connectivity index (χ0n) is 13.1. The number of ether oxygens (including phenoxy) is 1. The van der Waals surface area contributed by atoms with Gasteiger partial charge in [-0.25, -0.2) is 4.98 Å². The fourth-order valence-corrected chi connectivity index (χ4v) is 2.95. The highest BCUT2D eigenvalue weighted by Crippen LogP contribution is 2.23. The molecule has 0 amide bonds. The van der Waals surface area contributed by atoms with E-state index in [2.05, 4.69) is 53.8 Å². The van der Waals surface area contributed by atoms with E-state index in [0.29, 0.717) is 5.92 Å². The fourth-order valence-electron chi connectivity index (χ4n) is 2.18. The molecule has 0 saturated heterocycles. The van der Waals surface area contributed by atoms with E-state index < -0.39 is 0 Å². The third-order valence-electron chi connectivity index (χ3n) is 3.20. The lowest BCUT2D eigenvalue weighted by Gasteiger charge is -2.05. The third kappa shape index (κ3) is 5.23. The Morgan fingerprint density at radius 1 is 1.24 bits per heavy atom. The maximum Gasteiger partial charge on any atom is 0.107 e. The van der Waals surface area contributed by atoms with E-state index in [1.165, 1.54) is 11.1 Å². The Kier molecular flexibility index (Phi) is 6.36. The molecule has 3 nitrogen and oxygen atoms in total. The summed E-state index contributed by atoms with van der Waals surface area (Å²) < 4.78 is 5.01. The predicted molar refractivity (Wildman–Crippen MR) is 89.7 cm³/mol. The van der Waals surface area contributed by atoms with Gasteiger partial charge in [-0.05, 0) is 17.9 Å². The van der Waals surface area contributed by atoms with Crippen LogP contribution in [0.2, 0.25) is 0 Å². The number of methoxy groups -OCH3 is 1. The van der Waals surface area contributed by atoms with Crippen molar-refractivity contribution in [2.75, 3.05) is 20.3 Å². The molecule has 1 aromatic heterocycles. The van der Waals surface area contributed by atoms with Crippen molar-refractivity contribution < 1.29 is 4.74 Å². The van der Waals surface area contributed by atoms with Crippen LogP contribution in [-0.2, 0) is 17.7 Å². The Morgan fingerprint density at radius 3 is 2.67 bits per heavy atom. The Balaban J connectivity index is 1.94. The highest BCUT2D eigenvalue weighted by molar-refractivity contribution is 7.09. The molecule has 1 N–H and O–H groups in total. The number of nitrogens with one attached hydrogen (secondary N) is 1. The van der Waals surface area contributed by atoms with Gasteiger partial charge in [0.1, 0.15) is 5.01 Å². The zero-order valence-corrected chi connectivity index (χ0v) is 13.9. The van der Waals surface area contributed by atoms with E-state index in [1.54, 1.807) is 18.4 Å². The van der Waals surface area contributed by atoms with Gasteiger partial charge in [0.05, 0.1) is 12.3 Å².